The Morgan fingerprint density at radius 3 is 2.00 bits per heavy atom. The Hall–Kier alpha value is -6.12. The molecule has 0 radical (unpaired) electrons. The van der Waals surface area contributed by atoms with E-state index in [1.165, 1.54) is 77.2 Å². The SMILES string of the molecule is CC1(C)c2ccccc2N(c2ccccc2)c2ccc(-c3ccc4c(ccc5cc(/C=C/Nc6ccc7ccccc7c6)ccc54)c3)cc21. The summed E-state index contributed by atoms with van der Waals surface area (Å²) in [5.41, 5.74) is 10.9. The van der Waals surface area contributed by atoms with Crippen LogP contribution in [0, 0.1) is 0 Å². The van der Waals surface area contributed by atoms with Gasteiger partial charge in [-0.1, -0.05) is 123 Å². The van der Waals surface area contributed by atoms with E-state index in [1.807, 2.05) is 6.20 Å². The molecule has 0 atom stereocenters. The number of para-hydroxylation sites is 2. The topological polar surface area (TPSA) is 15.3 Å². The monoisotopic (exact) mass is 628 g/mol. The Morgan fingerprint density at radius 2 is 1.14 bits per heavy atom. The van der Waals surface area contributed by atoms with Crippen LogP contribution in [0.2, 0.25) is 0 Å². The standard InChI is InChI=1S/C47H36N2/c1-47(2)43-14-8-9-15-45(43)49(40-12-4-3-5-13-40)46-25-21-36(31-44(46)47)35-20-24-42-38(29-35)18-17-37-28-32(16-23-41(37)42)26-27-48-39-22-19-33-10-6-7-11-34(33)30-39/h3-31,48H,1-2H3/b27-26+. The summed E-state index contributed by atoms with van der Waals surface area (Å²) in [4.78, 5) is 2.41. The van der Waals surface area contributed by atoms with Crippen molar-refractivity contribution in [2.75, 3.05) is 10.2 Å². The number of anilines is 4. The van der Waals surface area contributed by atoms with Gasteiger partial charge in [0.25, 0.3) is 0 Å². The number of fused-ring (bicyclic) bond motifs is 6. The first-order valence-corrected chi connectivity index (χ1v) is 17.0. The molecular formula is C47H36N2. The molecular weight excluding hydrogens is 593 g/mol. The molecule has 0 bridgehead atoms. The zero-order valence-corrected chi connectivity index (χ0v) is 27.7. The number of nitrogens with one attached hydrogen (secondary N) is 1. The normalized spacial score (nSPS) is 13.6. The van der Waals surface area contributed by atoms with Crippen molar-refractivity contribution in [3.05, 3.63) is 187 Å². The van der Waals surface area contributed by atoms with Gasteiger partial charge >= 0.3 is 0 Å². The molecule has 1 heterocycles. The van der Waals surface area contributed by atoms with Gasteiger partial charge in [0.15, 0.2) is 0 Å². The van der Waals surface area contributed by atoms with E-state index in [1.54, 1.807) is 0 Å². The van der Waals surface area contributed by atoms with Crippen LogP contribution in [0.25, 0.3) is 49.5 Å². The summed E-state index contributed by atoms with van der Waals surface area (Å²) in [7, 11) is 0. The first-order chi connectivity index (χ1) is 24.0. The third-order valence-corrected chi connectivity index (χ3v) is 10.2. The van der Waals surface area contributed by atoms with Gasteiger partial charge in [0.05, 0.1) is 11.4 Å². The van der Waals surface area contributed by atoms with Gasteiger partial charge in [-0.05, 0) is 121 Å². The van der Waals surface area contributed by atoms with Crippen LogP contribution in [-0.2, 0) is 5.41 Å². The molecule has 0 saturated carbocycles. The van der Waals surface area contributed by atoms with E-state index in [2.05, 4.69) is 194 Å². The predicted octanol–water partition coefficient (Wildman–Crippen LogP) is 13.0. The Bertz CT molecular complexity index is 2560. The van der Waals surface area contributed by atoms with Gasteiger partial charge in [0.2, 0.25) is 0 Å². The summed E-state index contributed by atoms with van der Waals surface area (Å²) >= 11 is 0. The zero-order valence-electron chi connectivity index (χ0n) is 27.7. The fourth-order valence-electron chi connectivity index (χ4n) is 7.62. The average molecular weight is 629 g/mol. The van der Waals surface area contributed by atoms with Gasteiger partial charge < -0.3 is 10.2 Å². The molecule has 1 aliphatic rings. The van der Waals surface area contributed by atoms with Gasteiger partial charge in [-0.15, -0.1) is 0 Å². The van der Waals surface area contributed by atoms with Crippen LogP contribution in [0.4, 0.5) is 22.7 Å². The molecule has 1 aliphatic heterocycles. The zero-order chi connectivity index (χ0) is 33.0. The number of hydrogen-bond donors (Lipinski definition) is 1. The molecule has 0 unspecified atom stereocenters. The maximum absolute atomic E-state index is 3.44. The summed E-state index contributed by atoms with van der Waals surface area (Å²) in [6.07, 6.45) is 4.16. The molecule has 0 aromatic heterocycles. The molecule has 8 aromatic rings. The quantitative estimate of drug-likeness (QED) is 0.191. The molecule has 49 heavy (non-hydrogen) atoms. The summed E-state index contributed by atoms with van der Waals surface area (Å²) in [6.45, 7) is 4.71. The van der Waals surface area contributed by atoms with Crippen LogP contribution in [0.1, 0.15) is 30.5 Å². The van der Waals surface area contributed by atoms with Gasteiger partial charge in [-0.2, -0.15) is 0 Å². The van der Waals surface area contributed by atoms with Crippen molar-refractivity contribution < 1.29 is 0 Å². The first-order valence-electron chi connectivity index (χ1n) is 17.0. The van der Waals surface area contributed by atoms with Crippen molar-refractivity contribution in [3.8, 4) is 11.1 Å². The van der Waals surface area contributed by atoms with Gasteiger partial charge in [-0.3, -0.25) is 0 Å². The number of rotatable bonds is 5. The van der Waals surface area contributed by atoms with Crippen LogP contribution >= 0.6 is 0 Å². The maximum Gasteiger partial charge on any atom is 0.0503 e. The van der Waals surface area contributed by atoms with E-state index in [-0.39, 0.29) is 5.41 Å². The van der Waals surface area contributed by atoms with Gasteiger partial charge in [0.1, 0.15) is 0 Å². The van der Waals surface area contributed by atoms with Crippen molar-refractivity contribution >= 4 is 61.1 Å². The molecule has 0 saturated heterocycles. The highest BCUT2D eigenvalue weighted by Gasteiger charge is 2.36. The summed E-state index contributed by atoms with van der Waals surface area (Å²) in [5.74, 6) is 0. The van der Waals surface area contributed by atoms with Crippen molar-refractivity contribution in [2.24, 2.45) is 0 Å². The van der Waals surface area contributed by atoms with Crippen molar-refractivity contribution in [2.45, 2.75) is 19.3 Å². The Kier molecular flexibility index (Phi) is 6.84. The number of nitrogens with zero attached hydrogens (tertiary/aromatic N) is 1. The van der Waals surface area contributed by atoms with E-state index in [9.17, 15) is 0 Å². The Balaban J connectivity index is 1.03. The van der Waals surface area contributed by atoms with Crippen LogP contribution in [-0.4, -0.2) is 0 Å². The lowest BCUT2D eigenvalue weighted by Gasteiger charge is -2.42. The molecule has 234 valence electrons. The molecule has 0 spiro atoms. The predicted molar refractivity (Wildman–Crippen MR) is 210 cm³/mol. The largest absolute Gasteiger partial charge is 0.362 e. The minimum absolute atomic E-state index is 0.141. The van der Waals surface area contributed by atoms with Crippen molar-refractivity contribution in [1.82, 2.24) is 0 Å². The lowest BCUT2D eigenvalue weighted by atomic mass is 9.73. The van der Waals surface area contributed by atoms with Crippen LogP contribution in [0.3, 0.4) is 0 Å². The molecule has 0 amide bonds. The second kappa shape index (κ2) is 11.5. The van der Waals surface area contributed by atoms with Gasteiger partial charge in [-0.25, -0.2) is 0 Å². The highest BCUT2D eigenvalue weighted by atomic mass is 15.2. The molecule has 2 heteroatoms. The lowest BCUT2D eigenvalue weighted by Crippen LogP contribution is -2.30. The van der Waals surface area contributed by atoms with Crippen LogP contribution < -0.4 is 10.2 Å². The number of benzene rings is 8. The smallest absolute Gasteiger partial charge is 0.0503 e. The third kappa shape index (κ3) is 5.05. The second-order valence-electron chi connectivity index (χ2n) is 13.6. The van der Waals surface area contributed by atoms with Crippen molar-refractivity contribution in [1.29, 1.82) is 0 Å². The minimum Gasteiger partial charge on any atom is -0.362 e. The minimum atomic E-state index is -0.141. The Morgan fingerprint density at radius 1 is 0.490 bits per heavy atom. The summed E-state index contributed by atoms with van der Waals surface area (Å²) in [6, 6.07) is 59.6. The number of hydrogen-bond acceptors (Lipinski definition) is 2. The third-order valence-electron chi connectivity index (χ3n) is 10.2. The van der Waals surface area contributed by atoms with E-state index >= 15 is 0 Å². The fraction of sp³-hybridized carbons (Fsp3) is 0.0638. The van der Waals surface area contributed by atoms with Crippen LogP contribution in [0.15, 0.2) is 170 Å². The highest BCUT2D eigenvalue weighted by Crippen LogP contribution is 2.52. The molecule has 0 aliphatic carbocycles. The lowest BCUT2D eigenvalue weighted by molar-refractivity contribution is 0.632. The van der Waals surface area contributed by atoms with Crippen LogP contribution in [0.5, 0.6) is 0 Å². The van der Waals surface area contributed by atoms with E-state index in [0.29, 0.717) is 0 Å². The summed E-state index contributed by atoms with van der Waals surface area (Å²) in [5, 5.41) is 11.0. The molecule has 8 aromatic carbocycles. The molecule has 1 N–H and O–H groups in total. The highest BCUT2D eigenvalue weighted by molar-refractivity contribution is 6.09. The average Bonchev–Trinajstić information content (AvgIpc) is 3.15. The summed E-state index contributed by atoms with van der Waals surface area (Å²) < 4.78 is 0. The van der Waals surface area contributed by atoms with Crippen molar-refractivity contribution in [3.63, 3.8) is 0 Å². The molecule has 0 fully saturated rings. The van der Waals surface area contributed by atoms with E-state index in [4.69, 9.17) is 0 Å². The molecule has 9 rings (SSSR count). The second-order valence-corrected chi connectivity index (χ2v) is 13.6. The maximum atomic E-state index is 3.44. The molecule has 2 nitrogen and oxygen atoms in total. The van der Waals surface area contributed by atoms with Gasteiger partial charge in [0, 0.05) is 23.0 Å². The van der Waals surface area contributed by atoms with E-state index < -0.39 is 0 Å². The fourth-order valence-corrected chi connectivity index (χ4v) is 7.62. The first kappa shape index (κ1) is 29.1. The van der Waals surface area contributed by atoms with E-state index in [0.717, 1.165) is 5.69 Å². The Labute approximate surface area is 287 Å².